The van der Waals surface area contributed by atoms with Crippen LogP contribution < -0.4 is 16.2 Å². The molecular weight excluding hydrogens is 324 g/mol. The van der Waals surface area contributed by atoms with E-state index < -0.39 is 0 Å². The van der Waals surface area contributed by atoms with Crippen molar-refractivity contribution in [2.45, 2.75) is 0 Å². The predicted octanol–water partition coefficient (Wildman–Crippen LogP) is 3.25. The van der Waals surface area contributed by atoms with Gasteiger partial charge in [0.25, 0.3) is 5.91 Å². The average Bonchev–Trinajstić information content (AvgIpc) is 2.95. The van der Waals surface area contributed by atoms with E-state index in [9.17, 15) is 4.79 Å². The van der Waals surface area contributed by atoms with Crippen molar-refractivity contribution >= 4 is 40.3 Å². The van der Waals surface area contributed by atoms with Gasteiger partial charge in [-0.1, -0.05) is 30.3 Å². The van der Waals surface area contributed by atoms with Gasteiger partial charge in [-0.05, 0) is 47.7 Å². The van der Waals surface area contributed by atoms with Crippen LogP contribution in [0.2, 0.25) is 0 Å². The fraction of sp³-hybridized carbons (Fsp3) is 0.0588. The molecule has 0 bridgehead atoms. The van der Waals surface area contributed by atoms with E-state index in [0.29, 0.717) is 10.1 Å². The molecule has 0 atom stereocenters. The Labute approximate surface area is 143 Å². The number of carbonyl (C=O) groups excluding carboxylic acids is 1. The molecule has 7 heteroatoms. The average molecular weight is 340 g/mol. The van der Waals surface area contributed by atoms with E-state index in [4.69, 9.17) is 4.84 Å². The van der Waals surface area contributed by atoms with Gasteiger partial charge in [0.15, 0.2) is 5.17 Å². The highest BCUT2D eigenvalue weighted by atomic mass is 32.2. The number of amides is 1. The smallest absolute Gasteiger partial charge is 0.264 e. The molecule has 1 heterocycles. The Bertz CT molecular complexity index is 773. The van der Waals surface area contributed by atoms with E-state index in [1.165, 1.54) is 11.8 Å². The van der Waals surface area contributed by atoms with Crippen molar-refractivity contribution < 1.29 is 9.63 Å². The fourth-order valence-corrected chi connectivity index (χ4v) is 2.81. The van der Waals surface area contributed by atoms with Gasteiger partial charge in [-0.2, -0.15) is 0 Å². The molecule has 1 saturated heterocycles. The molecule has 2 aromatic rings. The number of carbonyl (C=O) groups is 1. The van der Waals surface area contributed by atoms with E-state index in [2.05, 4.69) is 21.3 Å². The van der Waals surface area contributed by atoms with Crippen molar-refractivity contribution in [1.82, 2.24) is 5.32 Å². The first kappa shape index (κ1) is 16.1. The lowest BCUT2D eigenvalue weighted by Gasteiger charge is -2.04. The van der Waals surface area contributed by atoms with Crippen molar-refractivity contribution in [3.05, 3.63) is 65.1 Å². The van der Waals surface area contributed by atoms with Crippen LogP contribution in [-0.2, 0) is 9.63 Å². The molecule has 1 aliphatic rings. The molecule has 0 saturated carbocycles. The molecule has 0 aliphatic carbocycles. The highest BCUT2D eigenvalue weighted by Crippen LogP contribution is 2.26. The zero-order chi connectivity index (χ0) is 16.8. The Hall–Kier alpha value is -2.77. The first-order valence-corrected chi connectivity index (χ1v) is 8.05. The van der Waals surface area contributed by atoms with Crippen LogP contribution in [0, 0.1) is 0 Å². The van der Waals surface area contributed by atoms with Crippen molar-refractivity contribution in [1.29, 1.82) is 0 Å². The van der Waals surface area contributed by atoms with Crippen LogP contribution in [-0.4, -0.2) is 18.2 Å². The molecule has 1 fully saturated rings. The lowest BCUT2D eigenvalue weighted by atomic mass is 10.2. The molecule has 122 valence electrons. The summed E-state index contributed by atoms with van der Waals surface area (Å²) in [6.45, 7) is 0. The number of nitrogens with one attached hydrogen (secondary N) is 3. The van der Waals surface area contributed by atoms with E-state index in [-0.39, 0.29) is 5.91 Å². The number of nitrogens with zero attached hydrogens (tertiary/aromatic N) is 1. The summed E-state index contributed by atoms with van der Waals surface area (Å²) in [5, 5.41) is 7.47. The molecule has 2 aromatic carbocycles. The second-order valence-electron chi connectivity index (χ2n) is 4.89. The number of rotatable bonds is 5. The van der Waals surface area contributed by atoms with Crippen LogP contribution in [0.25, 0.3) is 6.08 Å². The molecule has 1 amide bonds. The van der Waals surface area contributed by atoms with Gasteiger partial charge in [0, 0.05) is 0 Å². The first-order valence-electron chi connectivity index (χ1n) is 7.23. The largest absolute Gasteiger partial charge is 0.299 e. The summed E-state index contributed by atoms with van der Waals surface area (Å²) >= 11 is 1.30. The van der Waals surface area contributed by atoms with Crippen molar-refractivity contribution in [3.63, 3.8) is 0 Å². The number of amidine groups is 1. The quantitative estimate of drug-likeness (QED) is 0.575. The standard InChI is InChI=1S/C17H16N4O2S/c1-23-21-14-9-7-13(8-10-14)19-20-17-18-16(22)15(24-17)11-12-5-3-2-4-6-12/h2-11,19,21H,1H3,(H,18,20,22)/b15-11+. The third-order valence-corrected chi connectivity index (χ3v) is 4.05. The van der Waals surface area contributed by atoms with Crippen LogP contribution in [0.4, 0.5) is 11.4 Å². The van der Waals surface area contributed by atoms with Crippen molar-refractivity contribution in [2.75, 3.05) is 18.0 Å². The molecule has 0 spiro atoms. The number of hydrogen-bond donors (Lipinski definition) is 3. The number of benzene rings is 2. The highest BCUT2D eigenvalue weighted by Gasteiger charge is 2.23. The maximum atomic E-state index is 12.0. The minimum Gasteiger partial charge on any atom is -0.299 e. The molecule has 6 nitrogen and oxygen atoms in total. The number of anilines is 2. The Morgan fingerprint density at radius 3 is 2.50 bits per heavy atom. The van der Waals surface area contributed by atoms with E-state index >= 15 is 0 Å². The first-order chi connectivity index (χ1) is 11.7. The van der Waals surface area contributed by atoms with Crippen LogP contribution in [0.1, 0.15) is 5.56 Å². The Morgan fingerprint density at radius 1 is 1.08 bits per heavy atom. The summed E-state index contributed by atoms with van der Waals surface area (Å²) in [7, 11) is 1.55. The minimum absolute atomic E-state index is 0.149. The molecular formula is C17H16N4O2S. The second kappa shape index (κ2) is 7.67. The minimum atomic E-state index is -0.149. The molecule has 0 unspecified atom stereocenters. The van der Waals surface area contributed by atoms with Crippen molar-refractivity contribution in [2.24, 2.45) is 5.10 Å². The van der Waals surface area contributed by atoms with E-state index in [1.54, 1.807) is 7.11 Å². The summed E-state index contributed by atoms with van der Waals surface area (Å²) in [5.41, 5.74) is 8.27. The molecule has 24 heavy (non-hydrogen) atoms. The Kier molecular flexibility index (Phi) is 5.15. The normalized spacial score (nSPS) is 17.1. The fourth-order valence-electron chi connectivity index (χ4n) is 2.03. The second-order valence-corrected chi connectivity index (χ2v) is 5.92. The molecule has 3 N–H and O–H groups in total. The van der Waals surface area contributed by atoms with Crippen LogP contribution in [0.15, 0.2) is 64.6 Å². The van der Waals surface area contributed by atoms with Gasteiger partial charge in [-0.25, -0.2) is 0 Å². The highest BCUT2D eigenvalue weighted by molar-refractivity contribution is 8.18. The predicted molar refractivity (Wildman–Crippen MR) is 98.3 cm³/mol. The lowest BCUT2D eigenvalue weighted by Crippen LogP contribution is -2.20. The monoisotopic (exact) mass is 340 g/mol. The maximum absolute atomic E-state index is 12.0. The summed E-state index contributed by atoms with van der Waals surface area (Å²) in [4.78, 5) is 17.4. The van der Waals surface area contributed by atoms with Gasteiger partial charge in [0.2, 0.25) is 0 Å². The van der Waals surface area contributed by atoms with Gasteiger partial charge >= 0.3 is 0 Å². The van der Waals surface area contributed by atoms with Crippen molar-refractivity contribution in [3.8, 4) is 0 Å². The Morgan fingerprint density at radius 2 is 1.79 bits per heavy atom. The van der Waals surface area contributed by atoms with Gasteiger partial charge in [0.05, 0.1) is 23.4 Å². The van der Waals surface area contributed by atoms with Crippen LogP contribution in [0.5, 0.6) is 0 Å². The van der Waals surface area contributed by atoms with E-state index in [0.717, 1.165) is 16.9 Å². The number of thioether (sulfide) groups is 1. The Balaban J connectivity index is 1.65. The third-order valence-electron chi connectivity index (χ3n) is 3.14. The zero-order valence-corrected chi connectivity index (χ0v) is 13.8. The van der Waals surface area contributed by atoms with Gasteiger partial charge in [0.1, 0.15) is 0 Å². The summed E-state index contributed by atoms with van der Waals surface area (Å²) < 4.78 is 0. The van der Waals surface area contributed by atoms with Gasteiger partial charge < -0.3 is 0 Å². The third kappa shape index (κ3) is 4.15. The zero-order valence-electron chi connectivity index (χ0n) is 12.9. The molecule has 0 aromatic heterocycles. The SMILES string of the molecule is CONc1ccc(N/N=C2\NC(=O)/C(=C\c3ccccc3)S2)cc1. The topological polar surface area (TPSA) is 74.8 Å². The van der Waals surface area contributed by atoms with Gasteiger partial charge in [-0.15, -0.1) is 5.10 Å². The lowest BCUT2D eigenvalue weighted by molar-refractivity contribution is -0.115. The summed E-state index contributed by atoms with van der Waals surface area (Å²) in [6.07, 6.45) is 1.84. The van der Waals surface area contributed by atoms with E-state index in [1.807, 2.05) is 60.7 Å². The van der Waals surface area contributed by atoms with Crippen LogP contribution in [0.3, 0.4) is 0 Å². The molecule has 0 radical (unpaired) electrons. The van der Waals surface area contributed by atoms with Crippen LogP contribution >= 0.6 is 11.8 Å². The maximum Gasteiger partial charge on any atom is 0.264 e. The molecule has 3 rings (SSSR count). The number of hydrogen-bond acceptors (Lipinski definition) is 6. The molecule has 1 aliphatic heterocycles. The summed E-state index contributed by atoms with van der Waals surface area (Å²) in [5.74, 6) is -0.149. The summed E-state index contributed by atoms with van der Waals surface area (Å²) in [6, 6.07) is 17.1. The number of hydrazone groups is 1. The van der Waals surface area contributed by atoms with Gasteiger partial charge in [-0.3, -0.25) is 25.9 Å².